The van der Waals surface area contributed by atoms with Crippen molar-refractivity contribution in [1.82, 2.24) is 0 Å². The lowest BCUT2D eigenvalue weighted by molar-refractivity contribution is -0.151. The average Bonchev–Trinajstić information content (AvgIpc) is 2.79. The third-order valence-corrected chi connectivity index (χ3v) is 5.07. The number of halogens is 1. The van der Waals surface area contributed by atoms with E-state index in [1.54, 1.807) is 24.3 Å². The Morgan fingerprint density at radius 3 is 2.28 bits per heavy atom. The first-order chi connectivity index (χ1) is 11.7. The van der Waals surface area contributed by atoms with Crippen molar-refractivity contribution in [1.29, 1.82) is 0 Å². The topological polar surface area (TPSA) is 52.6 Å². The van der Waals surface area contributed by atoms with E-state index >= 15 is 0 Å². The van der Waals surface area contributed by atoms with Gasteiger partial charge in [-0.25, -0.2) is 9.59 Å². The van der Waals surface area contributed by atoms with Gasteiger partial charge in [-0.2, -0.15) is 0 Å². The summed E-state index contributed by atoms with van der Waals surface area (Å²) in [4.78, 5) is 25.2. The number of carbonyl (C=O) groups excluding carboxylic acids is 2. The first kappa shape index (κ1) is 18.0. The molecule has 1 aliphatic carbocycles. The highest BCUT2D eigenvalue weighted by Gasteiger charge is 2.53. The molecule has 0 aromatic heterocycles. The number of esters is 2. The van der Waals surface area contributed by atoms with E-state index in [-0.39, 0.29) is 5.97 Å². The van der Waals surface area contributed by atoms with Crippen LogP contribution in [-0.2, 0) is 14.3 Å². The Balaban J connectivity index is 2.00. The van der Waals surface area contributed by atoms with Gasteiger partial charge in [-0.15, -0.1) is 0 Å². The third kappa shape index (κ3) is 3.45. The lowest BCUT2D eigenvalue weighted by Crippen LogP contribution is -2.36. The summed E-state index contributed by atoms with van der Waals surface area (Å²) in [6.45, 7) is 5.80. The van der Waals surface area contributed by atoms with Crippen molar-refractivity contribution in [2.75, 3.05) is 0 Å². The van der Waals surface area contributed by atoms with E-state index in [9.17, 15) is 9.59 Å². The van der Waals surface area contributed by atoms with Crippen LogP contribution in [0.15, 0.2) is 35.6 Å². The summed E-state index contributed by atoms with van der Waals surface area (Å²) in [5.74, 6) is -0.449. The van der Waals surface area contributed by atoms with E-state index in [0.717, 1.165) is 19.3 Å². The van der Waals surface area contributed by atoms with E-state index in [0.29, 0.717) is 34.8 Å². The van der Waals surface area contributed by atoms with Gasteiger partial charge in [0.1, 0.15) is 0 Å². The zero-order valence-corrected chi connectivity index (χ0v) is 15.6. The Bertz CT molecular complexity index is 719. The van der Waals surface area contributed by atoms with Crippen LogP contribution >= 0.6 is 11.6 Å². The average molecular weight is 363 g/mol. The van der Waals surface area contributed by atoms with Gasteiger partial charge in [-0.1, -0.05) is 38.8 Å². The number of hydrogen-bond donors (Lipinski definition) is 0. The molecular formula is C20H23ClO4. The van der Waals surface area contributed by atoms with Crippen molar-refractivity contribution >= 4 is 23.5 Å². The van der Waals surface area contributed by atoms with Crippen LogP contribution in [0, 0.1) is 5.41 Å². The molecule has 0 bridgehead atoms. The molecule has 0 unspecified atom stereocenters. The van der Waals surface area contributed by atoms with Gasteiger partial charge >= 0.3 is 11.9 Å². The monoisotopic (exact) mass is 362 g/mol. The maximum Gasteiger partial charge on any atom is 0.343 e. The van der Waals surface area contributed by atoms with E-state index in [4.69, 9.17) is 21.1 Å². The molecule has 1 aromatic carbocycles. The van der Waals surface area contributed by atoms with Crippen molar-refractivity contribution in [2.45, 2.75) is 58.5 Å². The first-order valence-corrected chi connectivity index (χ1v) is 9.07. The maximum atomic E-state index is 12.7. The highest BCUT2D eigenvalue weighted by atomic mass is 35.5. The minimum atomic E-state index is -0.792. The molecule has 4 nitrogen and oxygen atoms in total. The Morgan fingerprint density at radius 1 is 1.12 bits per heavy atom. The molecule has 2 aliphatic rings. The minimum absolute atomic E-state index is 0.367. The number of ether oxygens (including phenoxy) is 2. The summed E-state index contributed by atoms with van der Waals surface area (Å²) in [5, 5.41) is 0.550. The molecule has 3 rings (SSSR count). The van der Waals surface area contributed by atoms with Crippen molar-refractivity contribution in [3.05, 3.63) is 46.2 Å². The van der Waals surface area contributed by atoms with Gasteiger partial charge in [0.2, 0.25) is 0 Å². The molecule has 1 heterocycles. The van der Waals surface area contributed by atoms with E-state index in [1.807, 2.05) is 20.8 Å². The number of hydrogen-bond acceptors (Lipinski definition) is 4. The summed E-state index contributed by atoms with van der Waals surface area (Å²) in [7, 11) is 0. The summed E-state index contributed by atoms with van der Waals surface area (Å²) >= 11 is 5.88. The number of rotatable bonds is 2. The maximum absolute atomic E-state index is 12.7. The molecule has 0 atom stereocenters. The van der Waals surface area contributed by atoms with Crippen molar-refractivity contribution in [3.8, 4) is 0 Å². The molecule has 0 radical (unpaired) electrons. The number of carbonyl (C=O) groups is 2. The van der Waals surface area contributed by atoms with Crippen LogP contribution in [0.2, 0.25) is 5.02 Å². The molecule has 1 fully saturated rings. The van der Waals surface area contributed by atoms with Crippen molar-refractivity contribution < 1.29 is 19.1 Å². The summed E-state index contributed by atoms with van der Waals surface area (Å²) < 4.78 is 11.6. The largest absolute Gasteiger partial charge is 0.447 e. The Hall–Kier alpha value is -1.81. The zero-order valence-electron chi connectivity index (χ0n) is 14.9. The van der Waals surface area contributed by atoms with Crippen LogP contribution < -0.4 is 0 Å². The van der Waals surface area contributed by atoms with E-state index in [1.165, 1.54) is 0 Å². The predicted molar refractivity (Wildman–Crippen MR) is 95.3 cm³/mol. The molecule has 5 heteroatoms. The van der Waals surface area contributed by atoms with Crippen molar-refractivity contribution in [3.63, 3.8) is 0 Å². The van der Waals surface area contributed by atoms with Crippen LogP contribution in [0.1, 0.15) is 63.2 Å². The highest BCUT2D eigenvalue weighted by Crippen LogP contribution is 2.48. The number of benzene rings is 1. The van der Waals surface area contributed by atoms with Crippen LogP contribution in [0.25, 0.3) is 0 Å². The molecule has 134 valence electrons. The molecule has 1 aliphatic heterocycles. The van der Waals surface area contributed by atoms with Gasteiger partial charge in [0.25, 0.3) is 0 Å². The van der Waals surface area contributed by atoms with Crippen LogP contribution in [0.5, 0.6) is 0 Å². The second-order valence-corrected chi connectivity index (χ2v) is 8.23. The standard InChI is InChI=1S/C20H23ClO4/c1-19(2,3)15-16(20(25-18(15)23)11-5-4-6-12-20)24-17(22)13-7-9-14(21)10-8-13/h7-10H,4-6,11-12H2,1-3H3. The van der Waals surface area contributed by atoms with Gasteiger partial charge in [0, 0.05) is 5.02 Å². The van der Waals surface area contributed by atoms with Gasteiger partial charge in [0.05, 0.1) is 11.1 Å². The van der Waals surface area contributed by atoms with E-state index in [2.05, 4.69) is 0 Å². The van der Waals surface area contributed by atoms with Gasteiger partial charge < -0.3 is 9.47 Å². The highest BCUT2D eigenvalue weighted by molar-refractivity contribution is 6.30. The SMILES string of the molecule is CC(C)(C)C1=C(OC(=O)c2ccc(Cl)cc2)C2(CCCCC2)OC1=O. The normalized spacial score (nSPS) is 19.9. The van der Waals surface area contributed by atoms with Gasteiger partial charge in [-0.05, 0) is 55.4 Å². The quantitative estimate of drug-likeness (QED) is 0.690. The molecular weight excluding hydrogens is 340 g/mol. The lowest BCUT2D eigenvalue weighted by Gasteiger charge is -2.33. The fraction of sp³-hybridized carbons (Fsp3) is 0.500. The first-order valence-electron chi connectivity index (χ1n) is 8.69. The third-order valence-electron chi connectivity index (χ3n) is 4.82. The summed E-state index contributed by atoms with van der Waals surface area (Å²) in [6, 6.07) is 6.52. The predicted octanol–water partition coefficient (Wildman–Crippen LogP) is 5.06. The summed E-state index contributed by atoms with van der Waals surface area (Å²) in [5.41, 5.74) is -0.389. The fourth-order valence-electron chi connectivity index (χ4n) is 3.58. The van der Waals surface area contributed by atoms with E-state index < -0.39 is 17.0 Å². The zero-order chi connectivity index (χ0) is 18.2. The lowest BCUT2D eigenvalue weighted by atomic mass is 9.79. The molecule has 1 aromatic rings. The van der Waals surface area contributed by atoms with Gasteiger partial charge in [0.15, 0.2) is 11.4 Å². The van der Waals surface area contributed by atoms with Crippen molar-refractivity contribution in [2.24, 2.45) is 5.41 Å². The second-order valence-electron chi connectivity index (χ2n) is 7.80. The van der Waals surface area contributed by atoms with Crippen LogP contribution in [0.3, 0.4) is 0 Å². The minimum Gasteiger partial charge on any atom is -0.447 e. The smallest absolute Gasteiger partial charge is 0.343 e. The fourth-order valence-corrected chi connectivity index (χ4v) is 3.70. The Morgan fingerprint density at radius 2 is 1.72 bits per heavy atom. The van der Waals surface area contributed by atoms with Crippen LogP contribution in [0.4, 0.5) is 0 Å². The Kier molecular flexibility index (Phi) is 4.67. The second kappa shape index (κ2) is 6.49. The molecule has 0 amide bonds. The van der Waals surface area contributed by atoms with Crippen LogP contribution in [-0.4, -0.2) is 17.5 Å². The molecule has 0 N–H and O–H groups in total. The summed E-state index contributed by atoms with van der Waals surface area (Å²) in [6.07, 6.45) is 4.39. The van der Waals surface area contributed by atoms with Gasteiger partial charge in [-0.3, -0.25) is 0 Å². The molecule has 1 spiro atoms. The molecule has 1 saturated carbocycles. The Labute approximate surface area is 153 Å². The molecule has 25 heavy (non-hydrogen) atoms. The molecule has 0 saturated heterocycles.